The molecule has 0 saturated heterocycles. The van der Waals surface area contributed by atoms with E-state index < -0.39 is 10.8 Å². The summed E-state index contributed by atoms with van der Waals surface area (Å²) in [6.45, 7) is 4.16. The third kappa shape index (κ3) is 4.81. The van der Waals surface area contributed by atoms with Gasteiger partial charge in [0.15, 0.2) is 5.69 Å². The number of aryl methyl sites for hydroxylation is 2. The van der Waals surface area contributed by atoms with E-state index in [1.165, 1.54) is 18.2 Å². The van der Waals surface area contributed by atoms with Crippen LogP contribution in [0.4, 0.5) is 11.4 Å². The number of hydrogen-bond acceptors (Lipinski definition) is 6. The Morgan fingerprint density at radius 2 is 1.97 bits per heavy atom. The molecule has 0 spiro atoms. The first kappa shape index (κ1) is 20.8. The van der Waals surface area contributed by atoms with E-state index in [2.05, 4.69) is 15.5 Å². The van der Waals surface area contributed by atoms with Crippen molar-refractivity contribution in [3.63, 3.8) is 0 Å². The van der Waals surface area contributed by atoms with Crippen LogP contribution in [0.15, 0.2) is 67.1 Å². The van der Waals surface area contributed by atoms with Crippen molar-refractivity contribution in [1.29, 1.82) is 0 Å². The quantitative estimate of drug-likeness (QED) is 0.346. The van der Waals surface area contributed by atoms with E-state index in [0.29, 0.717) is 12.4 Å². The van der Waals surface area contributed by atoms with Crippen LogP contribution < -0.4 is 10.1 Å². The number of nitro benzene ring substituents is 1. The molecular weight excluding hydrogens is 412 g/mol. The van der Waals surface area contributed by atoms with Gasteiger partial charge in [0.05, 0.1) is 16.7 Å². The smallest absolute Gasteiger partial charge is 0.276 e. The number of nitro groups is 1. The molecule has 1 amide bonds. The summed E-state index contributed by atoms with van der Waals surface area (Å²) in [7, 11) is 0. The first-order valence-corrected chi connectivity index (χ1v) is 9.74. The number of nitrogens with zero attached hydrogens (tertiary/aromatic N) is 5. The standard InChI is InChI=1S/C22H20N6O4/c1-15-4-5-16(2)21(10-15)32-19-12-17(11-18(13-19)28(30)31)24-22(29)20-6-9-27(25-20)14-26-8-3-7-23-26/h3-13H,14H2,1-2H3,(H,24,29). The maximum absolute atomic E-state index is 12.7. The molecule has 0 aliphatic rings. The van der Waals surface area contributed by atoms with E-state index in [4.69, 9.17) is 4.74 Å². The number of aromatic nitrogens is 4. The number of rotatable bonds is 7. The number of ether oxygens (including phenoxy) is 1. The highest BCUT2D eigenvalue weighted by molar-refractivity contribution is 6.03. The number of benzene rings is 2. The lowest BCUT2D eigenvalue weighted by Gasteiger charge is -2.11. The highest BCUT2D eigenvalue weighted by atomic mass is 16.6. The van der Waals surface area contributed by atoms with Gasteiger partial charge < -0.3 is 10.1 Å². The van der Waals surface area contributed by atoms with Gasteiger partial charge in [-0.25, -0.2) is 0 Å². The zero-order valence-corrected chi connectivity index (χ0v) is 17.4. The topological polar surface area (TPSA) is 117 Å². The van der Waals surface area contributed by atoms with Crippen molar-refractivity contribution in [1.82, 2.24) is 19.6 Å². The zero-order valence-electron chi connectivity index (χ0n) is 17.4. The molecule has 0 aliphatic heterocycles. The van der Waals surface area contributed by atoms with Crippen molar-refractivity contribution < 1.29 is 14.5 Å². The van der Waals surface area contributed by atoms with Crippen LogP contribution in [0.1, 0.15) is 21.6 Å². The van der Waals surface area contributed by atoms with Gasteiger partial charge in [-0.05, 0) is 43.2 Å². The predicted octanol–water partition coefficient (Wildman–Crippen LogP) is 4.16. The summed E-state index contributed by atoms with van der Waals surface area (Å²) < 4.78 is 9.11. The second-order valence-corrected chi connectivity index (χ2v) is 7.23. The number of non-ortho nitro benzene ring substituents is 1. The Balaban J connectivity index is 1.55. The molecule has 0 unspecified atom stereocenters. The third-order valence-electron chi connectivity index (χ3n) is 4.65. The summed E-state index contributed by atoms with van der Waals surface area (Å²) in [5.74, 6) is 0.329. The Kier molecular flexibility index (Phi) is 5.67. The van der Waals surface area contributed by atoms with Crippen molar-refractivity contribution in [2.75, 3.05) is 5.32 Å². The summed E-state index contributed by atoms with van der Waals surface area (Å²) in [5.41, 5.74) is 2.07. The third-order valence-corrected chi connectivity index (χ3v) is 4.65. The first-order valence-electron chi connectivity index (χ1n) is 9.74. The normalized spacial score (nSPS) is 10.7. The molecule has 0 atom stereocenters. The number of carbonyl (C=O) groups is 1. The molecule has 32 heavy (non-hydrogen) atoms. The zero-order chi connectivity index (χ0) is 22.7. The second kappa shape index (κ2) is 8.72. The average Bonchev–Trinajstić information content (AvgIpc) is 3.43. The Morgan fingerprint density at radius 1 is 1.12 bits per heavy atom. The number of hydrogen-bond donors (Lipinski definition) is 1. The van der Waals surface area contributed by atoms with Crippen molar-refractivity contribution >= 4 is 17.3 Å². The molecule has 2 aromatic heterocycles. The summed E-state index contributed by atoms with van der Waals surface area (Å²) >= 11 is 0. The Labute approximate surface area is 183 Å². The minimum Gasteiger partial charge on any atom is -0.457 e. The molecule has 10 nitrogen and oxygen atoms in total. The number of nitrogens with one attached hydrogen (secondary N) is 1. The van der Waals surface area contributed by atoms with Crippen LogP contribution >= 0.6 is 0 Å². The van der Waals surface area contributed by atoms with Gasteiger partial charge in [0.1, 0.15) is 18.2 Å². The molecule has 0 radical (unpaired) electrons. The molecular formula is C22H20N6O4. The molecule has 0 saturated carbocycles. The number of carbonyl (C=O) groups excluding carboxylic acids is 1. The summed E-state index contributed by atoms with van der Waals surface area (Å²) in [6, 6.07) is 13.2. The fourth-order valence-corrected chi connectivity index (χ4v) is 3.05. The van der Waals surface area contributed by atoms with Gasteiger partial charge in [-0.15, -0.1) is 0 Å². The van der Waals surface area contributed by atoms with E-state index in [-0.39, 0.29) is 22.8 Å². The second-order valence-electron chi connectivity index (χ2n) is 7.23. The molecule has 10 heteroatoms. The van der Waals surface area contributed by atoms with Gasteiger partial charge in [-0.2, -0.15) is 10.2 Å². The Morgan fingerprint density at radius 3 is 2.72 bits per heavy atom. The molecule has 162 valence electrons. The minimum atomic E-state index is -0.537. The highest BCUT2D eigenvalue weighted by Crippen LogP contribution is 2.31. The Hall–Kier alpha value is -4.47. The Bertz CT molecular complexity index is 1280. The van der Waals surface area contributed by atoms with E-state index in [0.717, 1.165) is 11.1 Å². The highest BCUT2D eigenvalue weighted by Gasteiger charge is 2.16. The molecule has 4 rings (SSSR count). The molecule has 2 heterocycles. The van der Waals surface area contributed by atoms with Crippen LogP contribution in [0, 0.1) is 24.0 Å². The van der Waals surface area contributed by atoms with Crippen LogP contribution in [-0.4, -0.2) is 30.4 Å². The first-order chi connectivity index (χ1) is 15.4. The van der Waals surface area contributed by atoms with Crippen LogP contribution in [0.25, 0.3) is 0 Å². The van der Waals surface area contributed by atoms with Gasteiger partial charge >= 0.3 is 0 Å². The lowest BCUT2D eigenvalue weighted by Crippen LogP contribution is -2.15. The van der Waals surface area contributed by atoms with Crippen LogP contribution in [0.5, 0.6) is 11.5 Å². The molecule has 0 aliphatic carbocycles. The van der Waals surface area contributed by atoms with Gasteiger partial charge in [-0.3, -0.25) is 24.3 Å². The van der Waals surface area contributed by atoms with Gasteiger partial charge in [0.2, 0.25) is 0 Å². The number of amides is 1. The minimum absolute atomic E-state index is 0.167. The van der Waals surface area contributed by atoms with Crippen LogP contribution in [0.3, 0.4) is 0 Å². The fourth-order valence-electron chi connectivity index (χ4n) is 3.05. The average molecular weight is 432 g/mol. The largest absolute Gasteiger partial charge is 0.457 e. The van der Waals surface area contributed by atoms with E-state index in [1.807, 2.05) is 32.0 Å². The number of anilines is 1. The van der Waals surface area contributed by atoms with Gasteiger partial charge in [0, 0.05) is 30.7 Å². The monoisotopic (exact) mass is 432 g/mol. The SMILES string of the molecule is Cc1ccc(C)c(Oc2cc(NC(=O)c3ccn(Cn4cccn4)n3)cc([N+](=O)[O-])c2)c1. The summed E-state index contributed by atoms with van der Waals surface area (Å²) in [6.07, 6.45) is 5.08. The summed E-state index contributed by atoms with van der Waals surface area (Å²) in [4.78, 5) is 23.5. The predicted molar refractivity (Wildman–Crippen MR) is 117 cm³/mol. The van der Waals surface area contributed by atoms with Gasteiger partial charge in [0.25, 0.3) is 11.6 Å². The molecule has 0 fully saturated rings. The molecule has 1 N–H and O–H groups in total. The van der Waals surface area contributed by atoms with Gasteiger partial charge in [-0.1, -0.05) is 12.1 Å². The van der Waals surface area contributed by atoms with E-state index in [9.17, 15) is 14.9 Å². The molecule has 2 aromatic carbocycles. The lowest BCUT2D eigenvalue weighted by molar-refractivity contribution is -0.384. The van der Waals surface area contributed by atoms with Crippen molar-refractivity contribution in [3.05, 3.63) is 94.1 Å². The van der Waals surface area contributed by atoms with Crippen LogP contribution in [0.2, 0.25) is 0 Å². The van der Waals surface area contributed by atoms with Crippen molar-refractivity contribution in [3.8, 4) is 11.5 Å². The van der Waals surface area contributed by atoms with Crippen molar-refractivity contribution in [2.24, 2.45) is 0 Å². The maximum Gasteiger partial charge on any atom is 0.276 e. The molecule has 4 aromatic rings. The lowest BCUT2D eigenvalue weighted by atomic mass is 10.1. The summed E-state index contributed by atoms with van der Waals surface area (Å²) in [5, 5.41) is 22.4. The van der Waals surface area contributed by atoms with Crippen molar-refractivity contribution in [2.45, 2.75) is 20.5 Å². The van der Waals surface area contributed by atoms with E-state index >= 15 is 0 Å². The maximum atomic E-state index is 12.7. The fraction of sp³-hybridized carbons (Fsp3) is 0.136. The van der Waals surface area contributed by atoms with E-state index in [1.54, 1.807) is 40.1 Å². The molecule has 0 bridgehead atoms. The van der Waals surface area contributed by atoms with Crippen LogP contribution in [-0.2, 0) is 6.67 Å².